The number of rotatable bonds is 4. The maximum absolute atomic E-state index is 13.7. The lowest BCUT2D eigenvalue weighted by molar-refractivity contribution is -0.133. The summed E-state index contributed by atoms with van der Waals surface area (Å²) in [5.74, 6) is -4.35. The lowest BCUT2D eigenvalue weighted by atomic mass is 10.0. The molecule has 2 atom stereocenters. The number of alkyl halides is 3. The van der Waals surface area contributed by atoms with Crippen LogP contribution in [0, 0.1) is 0 Å². The molecule has 0 heterocycles. The molecule has 2 N–H and O–H groups in total. The number of carbonyl (C=O) groups excluding carboxylic acids is 1. The Labute approximate surface area is 102 Å². The largest absolute Gasteiger partial charge is 0.382 e. The first kappa shape index (κ1) is 13.9. The third kappa shape index (κ3) is 3.38. The van der Waals surface area contributed by atoms with E-state index in [0.29, 0.717) is 0 Å². The number of halogens is 3. The number of nitrogens with one attached hydrogen (secondary N) is 1. The maximum Gasteiger partial charge on any atom is 0.310 e. The SMILES string of the molecule is CC(=O)NC(Cl)C(F)(F)C(O)c1ccccc1. The molecule has 0 aliphatic heterocycles. The summed E-state index contributed by atoms with van der Waals surface area (Å²) in [6.07, 6.45) is -2.07. The molecule has 0 saturated carbocycles. The summed E-state index contributed by atoms with van der Waals surface area (Å²) in [6.45, 7) is 1.07. The fraction of sp³-hybridized carbons (Fsp3) is 0.364. The highest BCUT2D eigenvalue weighted by Gasteiger charge is 2.47. The first-order valence-corrected chi connectivity index (χ1v) is 5.31. The van der Waals surface area contributed by atoms with Gasteiger partial charge in [-0.25, -0.2) is 0 Å². The Kier molecular flexibility index (Phi) is 4.42. The van der Waals surface area contributed by atoms with E-state index in [2.05, 4.69) is 0 Å². The lowest BCUT2D eigenvalue weighted by Gasteiger charge is -2.27. The molecule has 0 spiro atoms. The van der Waals surface area contributed by atoms with Gasteiger partial charge in [-0.1, -0.05) is 41.9 Å². The smallest absolute Gasteiger partial charge is 0.310 e. The van der Waals surface area contributed by atoms with Crippen LogP contribution in [0.5, 0.6) is 0 Å². The second-order valence-corrected chi connectivity index (χ2v) is 3.99. The van der Waals surface area contributed by atoms with Gasteiger partial charge in [-0.2, -0.15) is 8.78 Å². The van der Waals surface area contributed by atoms with Crippen LogP contribution >= 0.6 is 11.6 Å². The van der Waals surface area contributed by atoms with Gasteiger partial charge in [0.1, 0.15) is 6.10 Å². The number of hydrogen-bond donors (Lipinski definition) is 2. The van der Waals surface area contributed by atoms with Crippen molar-refractivity contribution in [1.82, 2.24) is 5.32 Å². The predicted molar refractivity (Wildman–Crippen MR) is 59.8 cm³/mol. The average molecular weight is 264 g/mol. The van der Waals surface area contributed by atoms with Crippen molar-refractivity contribution in [2.75, 3.05) is 0 Å². The van der Waals surface area contributed by atoms with Gasteiger partial charge >= 0.3 is 5.92 Å². The van der Waals surface area contributed by atoms with Crippen molar-refractivity contribution in [3.63, 3.8) is 0 Å². The van der Waals surface area contributed by atoms with Crippen molar-refractivity contribution < 1.29 is 18.7 Å². The summed E-state index contributed by atoms with van der Waals surface area (Å²) in [7, 11) is 0. The standard InChI is InChI=1S/C11H12ClF2NO2/c1-7(16)15-10(12)11(13,14)9(17)8-5-3-2-4-6-8/h2-6,9-10,17H,1H3,(H,15,16). The van der Waals surface area contributed by atoms with Crippen LogP contribution in [0.15, 0.2) is 30.3 Å². The van der Waals surface area contributed by atoms with Crippen LogP contribution in [0.1, 0.15) is 18.6 Å². The number of aliphatic hydroxyl groups is 1. The monoisotopic (exact) mass is 263 g/mol. The summed E-state index contributed by atoms with van der Waals surface area (Å²) < 4.78 is 27.3. The fourth-order valence-electron chi connectivity index (χ4n) is 1.27. The number of carbonyl (C=O) groups is 1. The van der Waals surface area contributed by atoms with Crippen molar-refractivity contribution in [2.24, 2.45) is 0 Å². The van der Waals surface area contributed by atoms with Crippen LogP contribution in [0.25, 0.3) is 0 Å². The Morgan fingerprint density at radius 2 is 1.94 bits per heavy atom. The molecule has 0 radical (unpaired) electrons. The lowest BCUT2D eigenvalue weighted by Crippen LogP contribution is -2.46. The molecule has 2 unspecified atom stereocenters. The zero-order valence-electron chi connectivity index (χ0n) is 9.03. The van der Waals surface area contributed by atoms with Gasteiger partial charge in [-0.05, 0) is 5.56 Å². The Balaban J connectivity index is 2.86. The van der Waals surface area contributed by atoms with Crippen molar-refractivity contribution >= 4 is 17.5 Å². The van der Waals surface area contributed by atoms with Crippen LogP contribution in [-0.2, 0) is 4.79 Å². The van der Waals surface area contributed by atoms with Gasteiger partial charge in [0.2, 0.25) is 5.91 Å². The number of amides is 1. The fourth-order valence-corrected chi connectivity index (χ4v) is 1.54. The van der Waals surface area contributed by atoms with Gasteiger partial charge in [0.05, 0.1) is 0 Å². The number of aliphatic hydroxyl groups excluding tert-OH is 1. The molecule has 0 aliphatic carbocycles. The van der Waals surface area contributed by atoms with E-state index in [9.17, 15) is 18.7 Å². The predicted octanol–water partition coefficient (Wildman–Crippen LogP) is 2.06. The molecule has 6 heteroatoms. The van der Waals surface area contributed by atoms with Crippen LogP contribution in [0.2, 0.25) is 0 Å². The summed E-state index contributed by atoms with van der Waals surface area (Å²) in [6, 6.07) is 7.40. The molecule has 0 aliphatic rings. The highest BCUT2D eigenvalue weighted by Crippen LogP contribution is 2.35. The molecule has 0 fully saturated rings. The van der Waals surface area contributed by atoms with E-state index in [1.54, 1.807) is 6.07 Å². The Morgan fingerprint density at radius 1 is 1.41 bits per heavy atom. The zero-order valence-corrected chi connectivity index (χ0v) is 9.79. The number of hydrogen-bond acceptors (Lipinski definition) is 2. The maximum atomic E-state index is 13.7. The number of benzene rings is 1. The minimum absolute atomic E-state index is 0.0357. The van der Waals surface area contributed by atoms with Gasteiger partial charge < -0.3 is 10.4 Å². The highest BCUT2D eigenvalue weighted by atomic mass is 35.5. The normalized spacial score (nSPS) is 15.1. The van der Waals surface area contributed by atoms with Crippen LogP contribution in [0.3, 0.4) is 0 Å². The van der Waals surface area contributed by atoms with Crippen molar-refractivity contribution in [3.8, 4) is 0 Å². The first-order chi connectivity index (χ1) is 7.85. The summed E-state index contributed by atoms with van der Waals surface area (Å²) in [5, 5.41) is 11.4. The highest BCUT2D eigenvalue weighted by molar-refractivity contribution is 6.22. The van der Waals surface area contributed by atoms with Crippen LogP contribution in [0.4, 0.5) is 8.78 Å². The second-order valence-electron chi connectivity index (χ2n) is 3.55. The van der Waals surface area contributed by atoms with E-state index in [1.165, 1.54) is 24.3 Å². The molecule has 94 valence electrons. The Bertz CT molecular complexity index is 386. The third-order valence-corrected chi connectivity index (χ3v) is 2.55. The van der Waals surface area contributed by atoms with Gasteiger partial charge in [-0.3, -0.25) is 4.79 Å². The quantitative estimate of drug-likeness (QED) is 0.645. The topological polar surface area (TPSA) is 49.3 Å². The Hall–Kier alpha value is -1.20. The molecule has 1 rings (SSSR count). The second kappa shape index (κ2) is 5.42. The van der Waals surface area contributed by atoms with E-state index < -0.39 is 23.4 Å². The summed E-state index contributed by atoms with van der Waals surface area (Å²) in [4.78, 5) is 10.6. The van der Waals surface area contributed by atoms with Gasteiger partial charge in [0.25, 0.3) is 0 Å². The van der Waals surface area contributed by atoms with Crippen LogP contribution in [-0.4, -0.2) is 22.4 Å². The summed E-state index contributed by atoms with van der Waals surface area (Å²) >= 11 is 5.37. The van der Waals surface area contributed by atoms with Crippen molar-refractivity contribution in [3.05, 3.63) is 35.9 Å². The molecule has 1 amide bonds. The van der Waals surface area contributed by atoms with E-state index in [4.69, 9.17) is 11.6 Å². The minimum Gasteiger partial charge on any atom is -0.382 e. The Morgan fingerprint density at radius 3 is 2.41 bits per heavy atom. The third-order valence-electron chi connectivity index (χ3n) is 2.15. The molecule has 0 aromatic heterocycles. The molecular weight excluding hydrogens is 252 g/mol. The van der Waals surface area contributed by atoms with Gasteiger partial charge in [0, 0.05) is 6.92 Å². The molecule has 17 heavy (non-hydrogen) atoms. The van der Waals surface area contributed by atoms with Gasteiger partial charge in [0.15, 0.2) is 5.50 Å². The van der Waals surface area contributed by atoms with E-state index in [1.807, 2.05) is 5.32 Å². The zero-order chi connectivity index (χ0) is 13.1. The van der Waals surface area contributed by atoms with Crippen molar-refractivity contribution in [2.45, 2.75) is 24.5 Å². The molecular formula is C11H12ClF2NO2. The van der Waals surface area contributed by atoms with Crippen LogP contribution < -0.4 is 5.32 Å². The summed E-state index contributed by atoms with van der Waals surface area (Å²) in [5.41, 5.74) is -1.93. The van der Waals surface area contributed by atoms with E-state index in [0.717, 1.165) is 6.92 Å². The minimum atomic E-state index is -3.66. The molecule has 0 bridgehead atoms. The van der Waals surface area contributed by atoms with E-state index >= 15 is 0 Å². The average Bonchev–Trinajstić information content (AvgIpc) is 2.28. The van der Waals surface area contributed by atoms with Crippen molar-refractivity contribution in [1.29, 1.82) is 0 Å². The molecule has 1 aromatic carbocycles. The van der Waals surface area contributed by atoms with E-state index in [-0.39, 0.29) is 5.56 Å². The molecule has 3 nitrogen and oxygen atoms in total. The first-order valence-electron chi connectivity index (χ1n) is 4.87. The molecule has 0 saturated heterocycles. The van der Waals surface area contributed by atoms with Gasteiger partial charge in [-0.15, -0.1) is 0 Å². The molecule has 1 aromatic rings.